The van der Waals surface area contributed by atoms with Gasteiger partial charge >= 0.3 is 6.09 Å². The lowest BCUT2D eigenvalue weighted by Crippen LogP contribution is -2.42. The van der Waals surface area contributed by atoms with Gasteiger partial charge in [-0.05, 0) is 63.8 Å². The van der Waals surface area contributed by atoms with Crippen molar-refractivity contribution in [1.82, 2.24) is 10.3 Å². The van der Waals surface area contributed by atoms with Crippen LogP contribution in [-0.4, -0.2) is 29.3 Å². The summed E-state index contributed by atoms with van der Waals surface area (Å²) in [7, 11) is 0. The molecule has 1 amide bonds. The number of nitrogens with one attached hydrogen (secondary N) is 1. The SMILES string of the molecule is CC(C)C[C@@H](COc1ccc2c(c1)C(C)Oc1cnccc1-2)NC(=O)OC(C)(C)C. The number of rotatable bonds is 6. The molecule has 0 saturated carbocycles. The monoisotopic (exact) mass is 412 g/mol. The minimum Gasteiger partial charge on any atom is -0.491 e. The van der Waals surface area contributed by atoms with E-state index in [1.165, 1.54) is 0 Å². The number of carbonyl (C=O) groups excluding carboxylic acids is 1. The van der Waals surface area contributed by atoms with E-state index in [1.54, 1.807) is 12.4 Å². The maximum absolute atomic E-state index is 12.2. The average Bonchev–Trinajstić information content (AvgIpc) is 2.64. The molecule has 0 bridgehead atoms. The standard InChI is InChI=1S/C24H32N2O4/c1-15(2)11-17(26-23(27)30-24(4,5)6)14-28-18-7-8-19-20-9-10-25-13-22(20)29-16(3)21(19)12-18/h7-10,12-13,15-17H,11,14H2,1-6H3,(H,26,27)/t16?,17-/m0/s1. The van der Waals surface area contributed by atoms with Crippen LogP contribution in [0.15, 0.2) is 36.7 Å². The van der Waals surface area contributed by atoms with Crippen molar-refractivity contribution in [1.29, 1.82) is 0 Å². The topological polar surface area (TPSA) is 69.7 Å². The summed E-state index contributed by atoms with van der Waals surface area (Å²) in [6, 6.07) is 7.85. The second kappa shape index (κ2) is 8.94. The molecule has 1 aromatic heterocycles. The van der Waals surface area contributed by atoms with E-state index in [2.05, 4.69) is 30.2 Å². The quantitative estimate of drug-likeness (QED) is 0.676. The first-order valence-corrected chi connectivity index (χ1v) is 10.5. The van der Waals surface area contributed by atoms with Crippen LogP contribution in [0.1, 0.15) is 59.6 Å². The van der Waals surface area contributed by atoms with Gasteiger partial charge in [-0.15, -0.1) is 0 Å². The Morgan fingerprint density at radius 3 is 2.70 bits per heavy atom. The van der Waals surface area contributed by atoms with Crippen LogP contribution in [0.5, 0.6) is 11.5 Å². The molecule has 2 heterocycles. The molecule has 6 heteroatoms. The van der Waals surface area contributed by atoms with E-state index in [9.17, 15) is 4.79 Å². The Kier molecular flexibility index (Phi) is 6.54. The van der Waals surface area contributed by atoms with E-state index >= 15 is 0 Å². The molecule has 30 heavy (non-hydrogen) atoms. The Balaban J connectivity index is 1.71. The van der Waals surface area contributed by atoms with Crippen molar-refractivity contribution in [2.24, 2.45) is 5.92 Å². The van der Waals surface area contributed by atoms with Gasteiger partial charge in [0, 0.05) is 17.3 Å². The molecule has 1 N–H and O–H groups in total. The molecule has 0 fully saturated rings. The van der Waals surface area contributed by atoms with Crippen LogP contribution >= 0.6 is 0 Å². The highest BCUT2D eigenvalue weighted by Crippen LogP contribution is 2.42. The average molecular weight is 413 g/mol. The van der Waals surface area contributed by atoms with Crippen molar-refractivity contribution in [3.8, 4) is 22.6 Å². The van der Waals surface area contributed by atoms with Gasteiger partial charge in [0.2, 0.25) is 0 Å². The number of carbonyl (C=O) groups is 1. The zero-order valence-corrected chi connectivity index (χ0v) is 18.7. The zero-order valence-electron chi connectivity index (χ0n) is 18.7. The molecule has 0 aliphatic carbocycles. The third-order valence-corrected chi connectivity index (χ3v) is 4.77. The van der Waals surface area contributed by atoms with Gasteiger partial charge in [0.15, 0.2) is 0 Å². The Hall–Kier alpha value is -2.76. The molecule has 1 aliphatic rings. The molecule has 0 radical (unpaired) electrons. The van der Waals surface area contributed by atoms with E-state index in [4.69, 9.17) is 14.2 Å². The van der Waals surface area contributed by atoms with E-state index in [1.807, 2.05) is 45.9 Å². The molecule has 1 aliphatic heterocycles. The highest BCUT2D eigenvalue weighted by Gasteiger charge is 2.24. The van der Waals surface area contributed by atoms with Crippen LogP contribution in [0.2, 0.25) is 0 Å². The van der Waals surface area contributed by atoms with Gasteiger partial charge in [-0.1, -0.05) is 19.9 Å². The smallest absolute Gasteiger partial charge is 0.407 e. The number of aromatic nitrogens is 1. The van der Waals surface area contributed by atoms with Crippen LogP contribution in [0.4, 0.5) is 4.79 Å². The lowest BCUT2D eigenvalue weighted by Gasteiger charge is -2.27. The lowest BCUT2D eigenvalue weighted by atomic mass is 9.94. The van der Waals surface area contributed by atoms with Crippen LogP contribution in [0, 0.1) is 5.92 Å². The first kappa shape index (κ1) is 21.9. The number of alkyl carbamates (subject to hydrolysis) is 1. The molecule has 162 valence electrons. The number of pyridine rings is 1. The van der Waals surface area contributed by atoms with Gasteiger partial charge in [0.25, 0.3) is 0 Å². The second-order valence-corrected chi connectivity index (χ2v) is 9.16. The summed E-state index contributed by atoms with van der Waals surface area (Å²) >= 11 is 0. The summed E-state index contributed by atoms with van der Waals surface area (Å²) in [4.78, 5) is 16.3. The Morgan fingerprint density at radius 2 is 2.00 bits per heavy atom. The predicted octanol–water partition coefficient (Wildman–Crippen LogP) is 5.52. The van der Waals surface area contributed by atoms with Crippen molar-refractivity contribution in [2.45, 2.75) is 65.7 Å². The van der Waals surface area contributed by atoms with Crippen molar-refractivity contribution < 1.29 is 19.0 Å². The normalized spacial score (nSPS) is 16.2. The molecule has 2 atom stereocenters. The fraction of sp³-hybridized carbons (Fsp3) is 0.500. The summed E-state index contributed by atoms with van der Waals surface area (Å²) in [6.07, 6.45) is 3.80. The van der Waals surface area contributed by atoms with Crippen LogP contribution in [0.3, 0.4) is 0 Å². The minimum absolute atomic E-state index is 0.0911. The first-order chi connectivity index (χ1) is 14.1. The Labute approximate surface area is 178 Å². The predicted molar refractivity (Wildman–Crippen MR) is 117 cm³/mol. The van der Waals surface area contributed by atoms with Gasteiger partial charge in [-0.3, -0.25) is 4.98 Å². The fourth-order valence-corrected chi connectivity index (χ4v) is 3.57. The lowest BCUT2D eigenvalue weighted by molar-refractivity contribution is 0.0480. The first-order valence-electron chi connectivity index (χ1n) is 10.5. The zero-order chi connectivity index (χ0) is 21.9. The number of amides is 1. The molecule has 0 spiro atoms. The molecular weight excluding hydrogens is 380 g/mol. The maximum atomic E-state index is 12.2. The van der Waals surface area contributed by atoms with Crippen LogP contribution in [0.25, 0.3) is 11.1 Å². The van der Waals surface area contributed by atoms with E-state index in [0.717, 1.165) is 34.6 Å². The number of hydrogen-bond donors (Lipinski definition) is 1. The van der Waals surface area contributed by atoms with Crippen molar-refractivity contribution in [3.05, 3.63) is 42.2 Å². The molecule has 1 unspecified atom stereocenters. The second-order valence-electron chi connectivity index (χ2n) is 9.16. The third kappa shape index (κ3) is 5.65. The molecule has 1 aromatic carbocycles. The summed E-state index contributed by atoms with van der Waals surface area (Å²) in [6.45, 7) is 12.2. The summed E-state index contributed by atoms with van der Waals surface area (Å²) in [5.74, 6) is 1.96. The van der Waals surface area contributed by atoms with Gasteiger partial charge in [0.05, 0.1) is 12.2 Å². The molecule has 0 saturated heterocycles. The van der Waals surface area contributed by atoms with Crippen molar-refractivity contribution in [2.75, 3.05) is 6.61 Å². The number of benzene rings is 1. The maximum Gasteiger partial charge on any atom is 0.407 e. The minimum atomic E-state index is -0.534. The molecule has 2 aromatic rings. The highest BCUT2D eigenvalue weighted by atomic mass is 16.6. The van der Waals surface area contributed by atoms with Gasteiger partial charge in [0.1, 0.15) is 29.8 Å². The van der Waals surface area contributed by atoms with Crippen molar-refractivity contribution >= 4 is 6.09 Å². The Bertz CT molecular complexity index is 889. The van der Waals surface area contributed by atoms with E-state index in [-0.39, 0.29) is 12.1 Å². The Morgan fingerprint density at radius 1 is 1.23 bits per heavy atom. The molecule has 6 nitrogen and oxygen atoms in total. The molecular formula is C24H32N2O4. The van der Waals surface area contributed by atoms with Gasteiger partial charge < -0.3 is 19.5 Å². The highest BCUT2D eigenvalue weighted by molar-refractivity contribution is 5.75. The molecule has 3 rings (SSSR count). The van der Waals surface area contributed by atoms with Crippen LogP contribution in [-0.2, 0) is 4.74 Å². The van der Waals surface area contributed by atoms with E-state index in [0.29, 0.717) is 12.5 Å². The summed E-state index contributed by atoms with van der Waals surface area (Å²) < 4.78 is 17.5. The number of ether oxygens (including phenoxy) is 3. The number of nitrogens with zero attached hydrogens (tertiary/aromatic N) is 1. The summed E-state index contributed by atoms with van der Waals surface area (Å²) in [5.41, 5.74) is 2.71. The van der Waals surface area contributed by atoms with E-state index < -0.39 is 11.7 Å². The van der Waals surface area contributed by atoms with Gasteiger partial charge in [-0.2, -0.15) is 0 Å². The summed E-state index contributed by atoms with van der Waals surface area (Å²) in [5, 5.41) is 2.94. The third-order valence-electron chi connectivity index (χ3n) is 4.77. The fourth-order valence-electron chi connectivity index (χ4n) is 3.57. The number of fused-ring (bicyclic) bond motifs is 3. The van der Waals surface area contributed by atoms with Crippen LogP contribution < -0.4 is 14.8 Å². The van der Waals surface area contributed by atoms with Crippen molar-refractivity contribution in [3.63, 3.8) is 0 Å². The number of hydrogen-bond acceptors (Lipinski definition) is 5. The van der Waals surface area contributed by atoms with Gasteiger partial charge in [-0.25, -0.2) is 4.79 Å². The largest absolute Gasteiger partial charge is 0.491 e.